The fraction of sp³-hybridized carbons (Fsp3) is 0.273. The standard InChI is InChI=1S/C22H20N4O/c1-15-2-7-21-25-20-13-16(3-5-18-12-17(14-23)8-10-24-18)4-6-19(20)22(27)26(21)11-9-15/h3-6,8,10,12-13,15H,2,7,9,11H2,1H3. The van der Waals surface area contributed by atoms with E-state index in [-0.39, 0.29) is 5.56 Å². The van der Waals surface area contributed by atoms with Crippen molar-refractivity contribution < 1.29 is 0 Å². The molecule has 5 heteroatoms. The van der Waals surface area contributed by atoms with Gasteiger partial charge in [-0.25, -0.2) is 4.98 Å². The first-order valence-corrected chi connectivity index (χ1v) is 9.22. The second kappa shape index (κ2) is 7.16. The van der Waals surface area contributed by atoms with Crippen molar-refractivity contribution in [2.24, 2.45) is 5.92 Å². The summed E-state index contributed by atoms with van der Waals surface area (Å²) in [5.41, 5.74) is 3.04. The third-order valence-corrected chi connectivity index (χ3v) is 5.12. The van der Waals surface area contributed by atoms with Crippen molar-refractivity contribution in [3.8, 4) is 6.07 Å². The van der Waals surface area contributed by atoms with E-state index in [0.717, 1.165) is 48.4 Å². The number of hydrogen-bond donors (Lipinski definition) is 0. The van der Waals surface area contributed by atoms with Gasteiger partial charge < -0.3 is 0 Å². The lowest BCUT2D eigenvalue weighted by molar-refractivity contribution is 0.484. The summed E-state index contributed by atoms with van der Waals surface area (Å²) in [6.45, 7) is 2.98. The summed E-state index contributed by atoms with van der Waals surface area (Å²) in [6.07, 6.45) is 8.35. The molecular weight excluding hydrogens is 336 g/mol. The molecule has 2 aromatic heterocycles. The molecule has 1 unspecified atom stereocenters. The van der Waals surface area contributed by atoms with Gasteiger partial charge in [-0.05, 0) is 54.7 Å². The van der Waals surface area contributed by atoms with E-state index >= 15 is 0 Å². The fourth-order valence-electron chi connectivity index (χ4n) is 3.47. The number of rotatable bonds is 2. The Morgan fingerprint density at radius 2 is 2.11 bits per heavy atom. The summed E-state index contributed by atoms with van der Waals surface area (Å²) in [5.74, 6) is 1.51. The highest BCUT2D eigenvalue weighted by atomic mass is 16.1. The third-order valence-electron chi connectivity index (χ3n) is 5.12. The molecule has 1 aliphatic rings. The lowest BCUT2D eigenvalue weighted by atomic mass is 10.0. The fourth-order valence-corrected chi connectivity index (χ4v) is 3.47. The van der Waals surface area contributed by atoms with E-state index < -0.39 is 0 Å². The van der Waals surface area contributed by atoms with E-state index in [0.29, 0.717) is 16.9 Å². The Kier molecular flexibility index (Phi) is 4.55. The Hall–Kier alpha value is -3.26. The maximum absolute atomic E-state index is 12.9. The first-order valence-electron chi connectivity index (χ1n) is 9.22. The lowest BCUT2D eigenvalue weighted by Gasteiger charge is -2.10. The van der Waals surface area contributed by atoms with Gasteiger partial charge in [0.25, 0.3) is 5.56 Å². The van der Waals surface area contributed by atoms with E-state index in [9.17, 15) is 4.79 Å². The number of fused-ring (bicyclic) bond motifs is 2. The van der Waals surface area contributed by atoms with E-state index in [1.54, 1.807) is 18.3 Å². The minimum atomic E-state index is 0.0583. The molecule has 1 atom stereocenters. The van der Waals surface area contributed by atoms with E-state index in [1.165, 1.54) is 0 Å². The van der Waals surface area contributed by atoms with Gasteiger partial charge >= 0.3 is 0 Å². The molecule has 27 heavy (non-hydrogen) atoms. The van der Waals surface area contributed by atoms with Crippen LogP contribution < -0.4 is 5.56 Å². The average molecular weight is 356 g/mol. The summed E-state index contributed by atoms with van der Waals surface area (Å²) in [7, 11) is 0. The molecule has 3 heterocycles. The normalized spacial score (nSPS) is 16.8. The van der Waals surface area contributed by atoms with E-state index in [2.05, 4.69) is 18.0 Å². The number of nitriles is 1. The van der Waals surface area contributed by atoms with Gasteiger partial charge in [0, 0.05) is 19.2 Å². The molecule has 0 fully saturated rings. The van der Waals surface area contributed by atoms with Crippen LogP contribution in [-0.4, -0.2) is 14.5 Å². The predicted molar refractivity (Wildman–Crippen MR) is 106 cm³/mol. The molecule has 1 aromatic carbocycles. The van der Waals surface area contributed by atoms with Crippen LogP contribution in [-0.2, 0) is 13.0 Å². The van der Waals surface area contributed by atoms with Crippen molar-refractivity contribution in [1.29, 1.82) is 5.26 Å². The van der Waals surface area contributed by atoms with Crippen LogP contribution >= 0.6 is 0 Å². The first kappa shape index (κ1) is 17.2. The maximum atomic E-state index is 12.9. The van der Waals surface area contributed by atoms with Gasteiger partial charge in [-0.3, -0.25) is 14.3 Å². The smallest absolute Gasteiger partial charge is 0.261 e. The number of aryl methyl sites for hydroxylation is 1. The molecule has 0 spiro atoms. The molecule has 0 saturated heterocycles. The Bertz CT molecular complexity index is 1140. The number of benzene rings is 1. The molecular formula is C22H20N4O. The molecule has 0 N–H and O–H groups in total. The van der Waals surface area contributed by atoms with Crippen molar-refractivity contribution in [3.05, 3.63) is 69.5 Å². The van der Waals surface area contributed by atoms with Crippen molar-refractivity contribution in [3.63, 3.8) is 0 Å². The summed E-state index contributed by atoms with van der Waals surface area (Å²) in [4.78, 5) is 21.9. The molecule has 3 aromatic rings. The third kappa shape index (κ3) is 3.52. The molecule has 0 bridgehead atoms. The zero-order valence-electron chi connectivity index (χ0n) is 15.2. The number of pyridine rings is 1. The molecule has 0 amide bonds. The molecule has 0 saturated carbocycles. The quantitative estimate of drug-likeness (QED) is 0.700. The van der Waals surface area contributed by atoms with Crippen LogP contribution in [0.4, 0.5) is 0 Å². The van der Waals surface area contributed by atoms with Crippen LogP contribution in [0.5, 0.6) is 0 Å². The largest absolute Gasteiger partial charge is 0.296 e. The van der Waals surface area contributed by atoms with Crippen molar-refractivity contribution in [1.82, 2.24) is 14.5 Å². The predicted octanol–water partition coefficient (Wildman–Crippen LogP) is 3.81. The second-order valence-electron chi connectivity index (χ2n) is 7.11. The molecule has 1 aliphatic heterocycles. The summed E-state index contributed by atoms with van der Waals surface area (Å²) in [6, 6.07) is 11.2. The Labute approximate surface area is 157 Å². The average Bonchev–Trinajstić information content (AvgIpc) is 2.88. The summed E-state index contributed by atoms with van der Waals surface area (Å²) >= 11 is 0. The first-order chi connectivity index (χ1) is 13.1. The molecule has 5 nitrogen and oxygen atoms in total. The highest BCUT2D eigenvalue weighted by molar-refractivity contribution is 5.82. The van der Waals surface area contributed by atoms with Gasteiger partial charge in [-0.15, -0.1) is 0 Å². The van der Waals surface area contributed by atoms with Crippen molar-refractivity contribution in [2.75, 3.05) is 0 Å². The van der Waals surface area contributed by atoms with Gasteiger partial charge in [-0.1, -0.05) is 19.1 Å². The highest BCUT2D eigenvalue weighted by Crippen LogP contribution is 2.20. The summed E-state index contributed by atoms with van der Waals surface area (Å²) in [5, 5.41) is 9.65. The lowest BCUT2D eigenvalue weighted by Crippen LogP contribution is -2.24. The number of nitrogens with zero attached hydrogens (tertiary/aromatic N) is 4. The van der Waals surface area contributed by atoms with Gasteiger partial charge in [0.2, 0.25) is 0 Å². The van der Waals surface area contributed by atoms with Crippen LogP contribution in [0.1, 0.15) is 42.4 Å². The van der Waals surface area contributed by atoms with Gasteiger partial charge in [0.15, 0.2) is 0 Å². The van der Waals surface area contributed by atoms with Crippen molar-refractivity contribution >= 4 is 23.1 Å². The Morgan fingerprint density at radius 1 is 1.22 bits per heavy atom. The van der Waals surface area contributed by atoms with Gasteiger partial charge in [0.05, 0.1) is 28.2 Å². The highest BCUT2D eigenvalue weighted by Gasteiger charge is 2.16. The topological polar surface area (TPSA) is 71.6 Å². The van der Waals surface area contributed by atoms with Crippen LogP contribution in [0.2, 0.25) is 0 Å². The molecule has 0 radical (unpaired) electrons. The Balaban J connectivity index is 1.71. The zero-order valence-corrected chi connectivity index (χ0v) is 15.2. The number of hydrogen-bond acceptors (Lipinski definition) is 4. The second-order valence-corrected chi connectivity index (χ2v) is 7.11. The maximum Gasteiger partial charge on any atom is 0.261 e. The van der Waals surface area contributed by atoms with Crippen LogP contribution in [0.3, 0.4) is 0 Å². The SMILES string of the molecule is CC1CCc2nc3cc(C=Cc4cc(C#N)ccn4)ccc3c(=O)n2CC1. The minimum Gasteiger partial charge on any atom is -0.296 e. The van der Waals surface area contributed by atoms with Gasteiger partial charge in [0.1, 0.15) is 5.82 Å². The Morgan fingerprint density at radius 3 is 2.96 bits per heavy atom. The number of aromatic nitrogens is 3. The van der Waals surface area contributed by atoms with Crippen LogP contribution in [0.15, 0.2) is 41.3 Å². The minimum absolute atomic E-state index is 0.0583. The van der Waals surface area contributed by atoms with E-state index in [4.69, 9.17) is 10.2 Å². The van der Waals surface area contributed by atoms with Crippen molar-refractivity contribution in [2.45, 2.75) is 32.7 Å². The molecule has 0 aliphatic carbocycles. The zero-order chi connectivity index (χ0) is 18.8. The van der Waals surface area contributed by atoms with Crippen LogP contribution in [0, 0.1) is 17.2 Å². The molecule has 134 valence electrons. The molecule has 4 rings (SSSR count). The van der Waals surface area contributed by atoms with Gasteiger partial charge in [-0.2, -0.15) is 5.26 Å². The van der Waals surface area contributed by atoms with E-state index in [1.807, 2.05) is 34.9 Å². The van der Waals surface area contributed by atoms with Crippen LogP contribution in [0.25, 0.3) is 23.1 Å². The summed E-state index contributed by atoms with van der Waals surface area (Å²) < 4.78 is 1.85. The monoisotopic (exact) mass is 356 g/mol.